The van der Waals surface area contributed by atoms with Gasteiger partial charge < -0.3 is 19.1 Å². The van der Waals surface area contributed by atoms with Crippen LogP contribution in [0.1, 0.15) is 25.7 Å². The summed E-state index contributed by atoms with van der Waals surface area (Å²) in [4.78, 5) is 14.5. The third-order valence-corrected chi connectivity index (χ3v) is 5.10. The van der Waals surface area contributed by atoms with Crippen LogP contribution in [0, 0.1) is 5.41 Å². The number of hydrogen-bond acceptors (Lipinski definition) is 4. The molecule has 5 heteroatoms. The molecule has 0 spiro atoms. The summed E-state index contributed by atoms with van der Waals surface area (Å²) in [6, 6.07) is 9.62. The van der Waals surface area contributed by atoms with Crippen LogP contribution in [0.25, 0.3) is 0 Å². The Balaban J connectivity index is 1.53. The number of benzene rings is 1. The molecule has 0 bridgehead atoms. The fourth-order valence-electron chi connectivity index (χ4n) is 3.93. The summed E-state index contributed by atoms with van der Waals surface area (Å²) in [5, 5.41) is 0. The highest BCUT2D eigenvalue weighted by Crippen LogP contribution is 2.40. The number of para-hydroxylation sites is 1. The molecule has 2 fully saturated rings. The predicted octanol–water partition coefficient (Wildman–Crippen LogP) is 2.50. The van der Waals surface area contributed by atoms with Gasteiger partial charge in [0, 0.05) is 32.2 Å². The van der Waals surface area contributed by atoms with Gasteiger partial charge in [-0.1, -0.05) is 18.2 Å². The van der Waals surface area contributed by atoms with E-state index in [0.717, 1.165) is 44.7 Å². The lowest BCUT2D eigenvalue weighted by Crippen LogP contribution is -2.58. The highest BCUT2D eigenvalue weighted by Gasteiger charge is 2.46. The number of fused-ring (bicyclic) bond motifs is 1. The Bertz CT molecular complexity index is 531. The van der Waals surface area contributed by atoms with Gasteiger partial charge in [0.2, 0.25) is 5.91 Å². The van der Waals surface area contributed by atoms with E-state index in [9.17, 15) is 4.79 Å². The first-order chi connectivity index (χ1) is 11.7. The smallest absolute Gasteiger partial charge is 0.226 e. The molecule has 2 atom stereocenters. The van der Waals surface area contributed by atoms with Crippen molar-refractivity contribution < 1.29 is 19.0 Å². The lowest BCUT2D eigenvalue weighted by Gasteiger charge is -2.50. The Morgan fingerprint density at radius 3 is 3.00 bits per heavy atom. The average Bonchev–Trinajstić information content (AvgIpc) is 2.62. The molecule has 3 rings (SSSR count). The maximum absolute atomic E-state index is 12.6. The standard InChI is InChI=1S/C19H27NO4/c1-22-15-19-10-5-12-24-17(19)8-11-20(14-19)18(21)9-13-23-16-6-3-2-4-7-16/h2-4,6-7,17H,5,8-15H2,1H3/t17-,19+/m0/s1. The van der Waals surface area contributed by atoms with Crippen LogP contribution in [0.5, 0.6) is 5.75 Å². The number of amides is 1. The molecule has 2 aliphatic rings. The van der Waals surface area contributed by atoms with Gasteiger partial charge in [0.05, 0.1) is 25.7 Å². The molecule has 24 heavy (non-hydrogen) atoms. The van der Waals surface area contributed by atoms with E-state index in [4.69, 9.17) is 14.2 Å². The van der Waals surface area contributed by atoms with Gasteiger partial charge in [0.15, 0.2) is 0 Å². The van der Waals surface area contributed by atoms with Crippen LogP contribution < -0.4 is 4.74 Å². The molecule has 132 valence electrons. The molecule has 1 aromatic rings. The van der Waals surface area contributed by atoms with Crippen LogP contribution in [-0.2, 0) is 14.3 Å². The maximum atomic E-state index is 12.6. The molecule has 0 unspecified atom stereocenters. The second-order valence-corrected chi connectivity index (χ2v) is 6.77. The molecule has 0 saturated carbocycles. The Labute approximate surface area is 143 Å². The van der Waals surface area contributed by atoms with Gasteiger partial charge in [0.25, 0.3) is 0 Å². The molecule has 1 amide bonds. The maximum Gasteiger partial charge on any atom is 0.226 e. The van der Waals surface area contributed by atoms with Crippen molar-refractivity contribution in [3.8, 4) is 5.75 Å². The zero-order valence-electron chi connectivity index (χ0n) is 14.4. The average molecular weight is 333 g/mol. The van der Waals surface area contributed by atoms with E-state index in [2.05, 4.69) is 0 Å². The Kier molecular flexibility index (Phi) is 5.74. The fourth-order valence-corrected chi connectivity index (χ4v) is 3.93. The summed E-state index contributed by atoms with van der Waals surface area (Å²) < 4.78 is 17.1. The second kappa shape index (κ2) is 7.99. The topological polar surface area (TPSA) is 48.0 Å². The summed E-state index contributed by atoms with van der Waals surface area (Å²) in [6.07, 6.45) is 3.63. The van der Waals surface area contributed by atoms with E-state index in [1.165, 1.54) is 0 Å². The third kappa shape index (κ3) is 3.90. The zero-order valence-corrected chi connectivity index (χ0v) is 14.4. The minimum atomic E-state index is -0.0405. The summed E-state index contributed by atoms with van der Waals surface area (Å²) in [5.41, 5.74) is -0.0405. The van der Waals surface area contributed by atoms with Crippen molar-refractivity contribution in [1.82, 2.24) is 4.90 Å². The number of ether oxygens (including phenoxy) is 3. The van der Waals surface area contributed by atoms with Crippen molar-refractivity contribution in [1.29, 1.82) is 0 Å². The third-order valence-electron chi connectivity index (χ3n) is 5.10. The molecule has 0 aliphatic carbocycles. The number of carbonyl (C=O) groups excluding carboxylic acids is 1. The van der Waals surface area contributed by atoms with Crippen LogP contribution in [0.15, 0.2) is 30.3 Å². The van der Waals surface area contributed by atoms with E-state index in [1.54, 1.807) is 7.11 Å². The molecule has 2 saturated heterocycles. The minimum absolute atomic E-state index is 0.0405. The van der Waals surface area contributed by atoms with E-state index in [0.29, 0.717) is 19.6 Å². The van der Waals surface area contributed by atoms with Crippen molar-refractivity contribution >= 4 is 5.91 Å². The first-order valence-corrected chi connectivity index (χ1v) is 8.80. The van der Waals surface area contributed by atoms with Crippen LogP contribution in [0.3, 0.4) is 0 Å². The molecule has 2 aliphatic heterocycles. The Hall–Kier alpha value is -1.59. The number of piperidine rings is 1. The van der Waals surface area contributed by atoms with Crippen molar-refractivity contribution in [2.24, 2.45) is 5.41 Å². The van der Waals surface area contributed by atoms with Crippen molar-refractivity contribution in [2.45, 2.75) is 31.8 Å². The second-order valence-electron chi connectivity index (χ2n) is 6.77. The Morgan fingerprint density at radius 2 is 2.21 bits per heavy atom. The number of methoxy groups -OCH3 is 1. The van der Waals surface area contributed by atoms with Gasteiger partial charge in [-0.15, -0.1) is 0 Å². The van der Waals surface area contributed by atoms with Crippen molar-refractivity contribution in [3.63, 3.8) is 0 Å². The highest BCUT2D eigenvalue weighted by molar-refractivity contribution is 5.76. The lowest BCUT2D eigenvalue weighted by atomic mass is 9.73. The number of likely N-dealkylation sites (tertiary alicyclic amines) is 1. The fraction of sp³-hybridized carbons (Fsp3) is 0.632. The van der Waals surface area contributed by atoms with E-state index in [-0.39, 0.29) is 17.4 Å². The SMILES string of the molecule is COC[C@]12CCCO[C@H]1CCN(C(=O)CCOc1ccccc1)C2. The molecule has 1 aromatic carbocycles. The van der Waals surface area contributed by atoms with Gasteiger partial charge in [-0.3, -0.25) is 4.79 Å². The molecule has 5 nitrogen and oxygen atoms in total. The lowest BCUT2D eigenvalue weighted by molar-refractivity contribution is -0.162. The first-order valence-electron chi connectivity index (χ1n) is 8.80. The summed E-state index contributed by atoms with van der Waals surface area (Å²) in [5.74, 6) is 0.964. The normalized spacial score (nSPS) is 26.7. The van der Waals surface area contributed by atoms with Gasteiger partial charge in [-0.2, -0.15) is 0 Å². The molecular formula is C19H27NO4. The van der Waals surface area contributed by atoms with Gasteiger partial charge >= 0.3 is 0 Å². The number of nitrogens with zero attached hydrogens (tertiary/aromatic N) is 1. The molecule has 0 radical (unpaired) electrons. The quantitative estimate of drug-likeness (QED) is 0.802. The minimum Gasteiger partial charge on any atom is -0.493 e. The van der Waals surface area contributed by atoms with Crippen LogP contribution in [0.4, 0.5) is 0 Å². The van der Waals surface area contributed by atoms with E-state index in [1.807, 2.05) is 35.2 Å². The summed E-state index contributed by atoms with van der Waals surface area (Å²) in [7, 11) is 1.73. The van der Waals surface area contributed by atoms with Gasteiger partial charge in [0.1, 0.15) is 5.75 Å². The van der Waals surface area contributed by atoms with Crippen molar-refractivity contribution in [3.05, 3.63) is 30.3 Å². The molecule has 2 heterocycles. The van der Waals surface area contributed by atoms with Crippen LogP contribution in [0.2, 0.25) is 0 Å². The number of carbonyl (C=O) groups is 1. The monoisotopic (exact) mass is 333 g/mol. The largest absolute Gasteiger partial charge is 0.493 e. The van der Waals surface area contributed by atoms with Crippen molar-refractivity contribution in [2.75, 3.05) is 40.0 Å². The van der Waals surface area contributed by atoms with Gasteiger partial charge in [-0.05, 0) is 31.4 Å². The van der Waals surface area contributed by atoms with Crippen LogP contribution >= 0.6 is 0 Å². The zero-order chi connectivity index (χ0) is 16.8. The predicted molar refractivity (Wildman–Crippen MR) is 91.0 cm³/mol. The molecule has 0 N–H and O–H groups in total. The number of hydrogen-bond donors (Lipinski definition) is 0. The summed E-state index contributed by atoms with van der Waals surface area (Å²) in [6.45, 7) is 3.39. The van der Waals surface area contributed by atoms with Gasteiger partial charge in [-0.25, -0.2) is 0 Å². The number of rotatable bonds is 6. The van der Waals surface area contributed by atoms with E-state index >= 15 is 0 Å². The highest BCUT2D eigenvalue weighted by atomic mass is 16.5. The summed E-state index contributed by atoms with van der Waals surface area (Å²) >= 11 is 0. The Morgan fingerprint density at radius 1 is 1.38 bits per heavy atom. The van der Waals surface area contributed by atoms with Crippen LogP contribution in [-0.4, -0.2) is 56.9 Å². The molecule has 0 aromatic heterocycles. The van der Waals surface area contributed by atoms with E-state index < -0.39 is 0 Å². The first kappa shape index (κ1) is 17.2. The molecular weight excluding hydrogens is 306 g/mol.